The fraction of sp³-hybridized carbons (Fsp3) is 0.188. The van der Waals surface area contributed by atoms with Crippen LogP contribution in [0.25, 0.3) is 0 Å². The summed E-state index contributed by atoms with van der Waals surface area (Å²) in [5.74, 6) is -65.2. The third-order valence-corrected chi connectivity index (χ3v) is 6.61. The number of halogens is 19. The van der Waals surface area contributed by atoms with Gasteiger partial charge in [-0.05, 0) is 20.8 Å². The molecule has 0 bridgehead atoms. The van der Waals surface area contributed by atoms with E-state index in [9.17, 15) is 48.3 Å². The van der Waals surface area contributed by atoms with Crippen molar-refractivity contribution in [3.8, 4) is 0 Å². The van der Waals surface area contributed by atoms with E-state index in [-0.39, 0.29) is 6.92 Å². The Balaban J connectivity index is 0.00000140. The molecule has 0 N–H and O–H groups in total. The molecule has 51 heavy (non-hydrogen) atoms. The van der Waals surface area contributed by atoms with Crippen molar-refractivity contribution in [1.82, 2.24) is 0 Å². The smallest absolute Gasteiger partial charge is 0.200 e. The third-order valence-electron chi connectivity index (χ3n) is 6.61. The first-order chi connectivity index (χ1) is 23.4. The van der Waals surface area contributed by atoms with Crippen molar-refractivity contribution in [1.29, 1.82) is 0 Å². The van der Waals surface area contributed by atoms with Gasteiger partial charge in [-0.3, -0.25) is 0 Å². The van der Waals surface area contributed by atoms with Crippen LogP contribution < -0.4 is 0 Å². The Bertz CT molecular complexity index is 1660. The molecule has 0 aliphatic heterocycles. The predicted molar refractivity (Wildman–Crippen MR) is 141 cm³/mol. The fourth-order valence-corrected chi connectivity index (χ4v) is 4.62. The van der Waals surface area contributed by atoms with E-state index in [4.69, 9.17) is 0 Å². The average Bonchev–Trinajstić information content (AvgIpc) is 3.08. The van der Waals surface area contributed by atoms with Crippen LogP contribution in [0.1, 0.15) is 55.5 Å². The second-order valence-corrected chi connectivity index (χ2v) is 10.0. The van der Waals surface area contributed by atoms with Gasteiger partial charge in [-0.25, -0.2) is 83.4 Å². The zero-order valence-corrected chi connectivity index (χ0v) is 25.9. The van der Waals surface area contributed by atoms with E-state index in [0.29, 0.717) is 0 Å². The minimum Gasteiger partial charge on any atom is -0.203 e. The number of rotatable bonds is 4. The first-order valence-corrected chi connectivity index (χ1v) is 13.4. The highest BCUT2D eigenvalue weighted by Gasteiger charge is 2.58. The molecule has 0 radical (unpaired) electrons. The summed E-state index contributed by atoms with van der Waals surface area (Å²) in [5, 5.41) is 0. The van der Waals surface area contributed by atoms with Gasteiger partial charge in [-0.2, -0.15) is 0 Å². The van der Waals surface area contributed by atoms with Crippen LogP contribution in [0.4, 0.5) is 83.4 Å². The van der Waals surface area contributed by atoms with E-state index in [2.05, 4.69) is 6.58 Å². The van der Waals surface area contributed by atoms with Crippen LogP contribution in [0.5, 0.6) is 0 Å². The molecule has 0 atom stereocenters. The van der Waals surface area contributed by atoms with E-state index in [0.717, 1.165) is 0 Å². The molecule has 4 rings (SSSR count). The van der Waals surface area contributed by atoms with Crippen LogP contribution in [0.2, 0.25) is 0 Å². The van der Waals surface area contributed by atoms with Crippen molar-refractivity contribution in [3.05, 3.63) is 150 Å². The maximum atomic E-state index is 15.6. The van der Waals surface area contributed by atoms with E-state index < -0.39 is 144 Å². The zero-order chi connectivity index (χ0) is 39.9. The molecule has 4 aromatic carbocycles. The SMILES string of the molecule is C=C(C)C.CC.Cc1c(F)c(F)c(C(c2c(F)c(F)c(F)c(F)c2F)(c2c(F)c(F)c(F)c(F)c2F)c2c(F)c(F)c(F)c(F)c2F)c(F)c1F. The average molecular weight is 762 g/mol. The van der Waals surface area contributed by atoms with Crippen LogP contribution in [0.3, 0.4) is 0 Å². The van der Waals surface area contributed by atoms with Crippen molar-refractivity contribution in [2.24, 2.45) is 0 Å². The van der Waals surface area contributed by atoms with Gasteiger partial charge in [0.05, 0.1) is 5.41 Å². The first kappa shape index (κ1) is 42.5. The molecule has 0 nitrogen and oxygen atoms in total. The molecule has 0 amide bonds. The lowest BCUT2D eigenvalue weighted by molar-refractivity contribution is 0.321. The van der Waals surface area contributed by atoms with E-state index in [1.165, 1.54) is 5.57 Å². The lowest BCUT2D eigenvalue weighted by atomic mass is 9.63. The number of hydrogen-bond donors (Lipinski definition) is 0. The Morgan fingerprint density at radius 3 is 0.588 bits per heavy atom. The molecule has 0 fully saturated rings. The van der Waals surface area contributed by atoms with Gasteiger partial charge < -0.3 is 0 Å². The molecule has 0 aliphatic rings. The first-order valence-electron chi connectivity index (χ1n) is 13.4. The van der Waals surface area contributed by atoms with Crippen molar-refractivity contribution < 1.29 is 83.4 Å². The Hall–Kier alpha value is -4.71. The summed E-state index contributed by atoms with van der Waals surface area (Å²) in [6.45, 7) is 11.6. The van der Waals surface area contributed by atoms with Crippen LogP contribution in [-0.4, -0.2) is 0 Å². The van der Waals surface area contributed by atoms with Gasteiger partial charge in [0, 0.05) is 27.8 Å². The molecule has 0 aromatic heterocycles. The Morgan fingerprint density at radius 2 is 0.431 bits per heavy atom. The molecule has 278 valence electrons. The highest BCUT2D eigenvalue weighted by Crippen LogP contribution is 2.54. The summed E-state index contributed by atoms with van der Waals surface area (Å²) >= 11 is 0. The molecule has 0 saturated heterocycles. The molecular weight excluding hydrogens is 745 g/mol. The molecular formula is C32H17F19. The number of benzene rings is 4. The minimum atomic E-state index is -5.93. The quantitative estimate of drug-likeness (QED) is 0.0639. The second-order valence-electron chi connectivity index (χ2n) is 10.0. The number of allylic oxidation sites excluding steroid dienone is 1. The Labute approximate surface area is 274 Å². The third kappa shape index (κ3) is 6.39. The number of hydrogen-bond acceptors (Lipinski definition) is 0. The van der Waals surface area contributed by atoms with Gasteiger partial charge in [0.25, 0.3) is 0 Å². The van der Waals surface area contributed by atoms with Crippen LogP contribution in [0.15, 0.2) is 12.2 Å². The van der Waals surface area contributed by atoms with Gasteiger partial charge in [-0.15, -0.1) is 6.58 Å². The lowest BCUT2D eigenvalue weighted by Gasteiger charge is -2.38. The van der Waals surface area contributed by atoms with Gasteiger partial charge >= 0.3 is 0 Å². The van der Waals surface area contributed by atoms with Gasteiger partial charge in [0.2, 0.25) is 17.5 Å². The van der Waals surface area contributed by atoms with Crippen LogP contribution >= 0.6 is 0 Å². The highest BCUT2D eigenvalue weighted by atomic mass is 19.2. The molecule has 0 unspecified atom stereocenters. The van der Waals surface area contributed by atoms with Crippen molar-refractivity contribution >= 4 is 0 Å². The summed E-state index contributed by atoms with van der Waals surface area (Å²) in [4.78, 5) is 0. The van der Waals surface area contributed by atoms with Crippen LogP contribution in [-0.2, 0) is 5.41 Å². The normalized spacial score (nSPS) is 11.2. The van der Waals surface area contributed by atoms with E-state index in [1.807, 2.05) is 27.7 Å². The van der Waals surface area contributed by atoms with Gasteiger partial charge in [-0.1, -0.05) is 19.4 Å². The standard InChI is InChI=1S/C26H3F19.C4H8.C2H6/c1-2-7(27)9(29)3(10(30)8(2)28)26(4-11(31)17(37)23(43)18(38)12(4)32,5-13(33)19(39)24(44)20(40)14(5)34)6-15(35)21(41)25(45)22(42)16(6)36;1-4(2)3;1-2/h1H3;1H2,2-3H3;1-2H3. The monoisotopic (exact) mass is 762 g/mol. The molecule has 4 aromatic rings. The van der Waals surface area contributed by atoms with Gasteiger partial charge in [0.1, 0.15) is 0 Å². The van der Waals surface area contributed by atoms with E-state index in [1.54, 1.807) is 0 Å². The highest BCUT2D eigenvalue weighted by molar-refractivity contribution is 5.63. The fourth-order valence-electron chi connectivity index (χ4n) is 4.62. The van der Waals surface area contributed by atoms with Gasteiger partial charge in [0.15, 0.2) is 93.1 Å². The summed E-state index contributed by atoms with van der Waals surface area (Å²) in [6, 6.07) is 0. The van der Waals surface area contributed by atoms with Crippen LogP contribution in [0, 0.1) is 117 Å². The molecule has 0 spiro atoms. The molecule has 0 heterocycles. The summed E-state index contributed by atoms with van der Waals surface area (Å²) < 4.78 is 282. The largest absolute Gasteiger partial charge is 0.203 e. The lowest BCUT2D eigenvalue weighted by Crippen LogP contribution is -2.42. The summed E-state index contributed by atoms with van der Waals surface area (Å²) in [7, 11) is 0. The van der Waals surface area contributed by atoms with Crippen molar-refractivity contribution in [2.45, 2.75) is 40.0 Å². The van der Waals surface area contributed by atoms with Crippen molar-refractivity contribution in [2.75, 3.05) is 0 Å². The summed E-state index contributed by atoms with van der Waals surface area (Å²) in [5.41, 5.74) is -20.6. The maximum absolute atomic E-state index is 15.6. The Kier molecular flexibility index (Phi) is 12.7. The maximum Gasteiger partial charge on any atom is 0.200 e. The predicted octanol–water partition coefficient (Wildman–Crippen LogP) is 11.6. The Morgan fingerprint density at radius 1 is 0.314 bits per heavy atom. The van der Waals surface area contributed by atoms with Crippen molar-refractivity contribution in [3.63, 3.8) is 0 Å². The zero-order valence-electron chi connectivity index (χ0n) is 25.9. The molecule has 0 saturated carbocycles. The topological polar surface area (TPSA) is 0 Å². The molecule has 19 heteroatoms. The summed E-state index contributed by atoms with van der Waals surface area (Å²) in [6.07, 6.45) is 0. The minimum absolute atomic E-state index is 0.136. The molecule has 0 aliphatic carbocycles. The van der Waals surface area contributed by atoms with E-state index >= 15 is 35.1 Å². The second kappa shape index (κ2) is 15.3.